The highest BCUT2D eigenvalue weighted by atomic mass is 32.1. The number of amides is 1. The van der Waals surface area contributed by atoms with E-state index in [-0.39, 0.29) is 5.91 Å². The van der Waals surface area contributed by atoms with Crippen molar-refractivity contribution < 1.29 is 4.79 Å². The standard InChI is InChI=1S/C9H8N4OS/c1-6-12-13-9(15-6)11-8(14)7-4-2-3-5-10-7/h2-5H,1H3,(H,11,13,14). The number of pyridine rings is 1. The topological polar surface area (TPSA) is 67.8 Å². The Hall–Kier alpha value is -1.82. The van der Waals surface area contributed by atoms with E-state index in [1.54, 1.807) is 24.4 Å². The van der Waals surface area contributed by atoms with Crippen LogP contribution in [0.2, 0.25) is 0 Å². The fourth-order valence-corrected chi connectivity index (χ4v) is 1.59. The van der Waals surface area contributed by atoms with E-state index in [2.05, 4.69) is 20.5 Å². The maximum absolute atomic E-state index is 11.6. The van der Waals surface area contributed by atoms with Gasteiger partial charge in [-0.2, -0.15) is 0 Å². The first-order valence-corrected chi connectivity index (χ1v) is 5.10. The molecule has 0 aliphatic carbocycles. The molecule has 15 heavy (non-hydrogen) atoms. The first-order valence-electron chi connectivity index (χ1n) is 4.28. The van der Waals surface area contributed by atoms with Crippen molar-refractivity contribution in [3.8, 4) is 0 Å². The monoisotopic (exact) mass is 220 g/mol. The summed E-state index contributed by atoms with van der Waals surface area (Å²) in [7, 11) is 0. The zero-order valence-electron chi connectivity index (χ0n) is 7.97. The molecule has 0 aliphatic rings. The molecule has 0 spiro atoms. The van der Waals surface area contributed by atoms with Crippen LogP contribution in [0.3, 0.4) is 0 Å². The largest absolute Gasteiger partial charge is 0.295 e. The minimum atomic E-state index is -0.272. The second-order valence-corrected chi connectivity index (χ2v) is 3.98. The summed E-state index contributed by atoms with van der Waals surface area (Å²) >= 11 is 1.33. The van der Waals surface area contributed by atoms with Crippen molar-refractivity contribution in [2.45, 2.75) is 6.92 Å². The third kappa shape index (κ3) is 2.35. The van der Waals surface area contributed by atoms with Crippen LogP contribution in [0.1, 0.15) is 15.5 Å². The van der Waals surface area contributed by atoms with Gasteiger partial charge in [0.2, 0.25) is 5.13 Å². The molecule has 2 rings (SSSR count). The summed E-state index contributed by atoms with van der Waals surface area (Å²) in [5.41, 5.74) is 0.366. The number of nitrogens with one attached hydrogen (secondary N) is 1. The van der Waals surface area contributed by atoms with Crippen LogP contribution in [0.5, 0.6) is 0 Å². The SMILES string of the molecule is Cc1nnc(NC(=O)c2ccccn2)s1. The third-order valence-electron chi connectivity index (χ3n) is 1.64. The van der Waals surface area contributed by atoms with E-state index in [1.165, 1.54) is 11.3 Å². The lowest BCUT2D eigenvalue weighted by molar-refractivity contribution is 0.102. The Morgan fingerprint density at radius 2 is 2.27 bits per heavy atom. The molecule has 6 heteroatoms. The van der Waals surface area contributed by atoms with Crippen molar-refractivity contribution in [1.29, 1.82) is 0 Å². The van der Waals surface area contributed by atoms with E-state index in [4.69, 9.17) is 0 Å². The van der Waals surface area contributed by atoms with Gasteiger partial charge in [0.15, 0.2) is 0 Å². The van der Waals surface area contributed by atoms with E-state index in [0.29, 0.717) is 10.8 Å². The maximum atomic E-state index is 11.6. The van der Waals surface area contributed by atoms with Gasteiger partial charge in [0, 0.05) is 6.20 Å². The first kappa shape index (κ1) is 9.72. The Balaban J connectivity index is 2.11. The van der Waals surface area contributed by atoms with Crippen molar-refractivity contribution in [2.24, 2.45) is 0 Å². The van der Waals surface area contributed by atoms with Crippen molar-refractivity contribution in [2.75, 3.05) is 5.32 Å². The highest BCUT2D eigenvalue weighted by molar-refractivity contribution is 7.15. The molecule has 0 fully saturated rings. The molecular weight excluding hydrogens is 212 g/mol. The van der Waals surface area contributed by atoms with Gasteiger partial charge in [-0.05, 0) is 19.1 Å². The van der Waals surface area contributed by atoms with E-state index in [0.717, 1.165) is 5.01 Å². The summed E-state index contributed by atoms with van der Waals surface area (Å²) in [4.78, 5) is 15.5. The number of aryl methyl sites for hydroxylation is 1. The number of rotatable bonds is 2. The smallest absolute Gasteiger partial charge is 0.276 e. The lowest BCUT2D eigenvalue weighted by Crippen LogP contribution is -2.13. The van der Waals surface area contributed by atoms with Crippen LogP contribution in [0.15, 0.2) is 24.4 Å². The van der Waals surface area contributed by atoms with Gasteiger partial charge >= 0.3 is 0 Å². The van der Waals surface area contributed by atoms with Gasteiger partial charge < -0.3 is 0 Å². The van der Waals surface area contributed by atoms with Crippen molar-refractivity contribution in [1.82, 2.24) is 15.2 Å². The molecule has 1 amide bonds. The molecule has 1 N–H and O–H groups in total. The van der Waals surface area contributed by atoms with Crippen LogP contribution in [0.4, 0.5) is 5.13 Å². The summed E-state index contributed by atoms with van der Waals surface area (Å²) in [6.07, 6.45) is 1.57. The highest BCUT2D eigenvalue weighted by Gasteiger charge is 2.08. The molecular formula is C9H8N4OS. The quantitative estimate of drug-likeness (QED) is 0.832. The summed E-state index contributed by atoms with van der Waals surface area (Å²) in [6.45, 7) is 1.83. The van der Waals surface area contributed by atoms with Crippen molar-refractivity contribution in [3.63, 3.8) is 0 Å². The summed E-state index contributed by atoms with van der Waals surface area (Å²) in [5, 5.41) is 11.5. The summed E-state index contributed by atoms with van der Waals surface area (Å²) in [5.74, 6) is -0.272. The third-order valence-corrected chi connectivity index (χ3v) is 2.40. The molecule has 0 saturated heterocycles. The molecule has 2 aromatic heterocycles. The van der Waals surface area contributed by atoms with Gasteiger partial charge in [0.1, 0.15) is 10.7 Å². The number of anilines is 1. The fourth-order valence-electron chi connectivity index (χ4n) is 1.01. The van der Waals surface area contributed by atoms with Crippen molar-refractivity contribution in [3.05, 3.63) is 35.1 Å². The minimum absolute atomic E-state index is 0.272. The van der Waals surface area contributed by atoms with E-state index >= 15 is 0 Å². The predicted molar refractivity (Wildman–Crippen MR) is 56.8 cm³/mol. The highest BCUT2D eigenvalue weighted by Crippen LogP contribution is 2.14. The molecule has 0 radical (unpaired) electrons. The second-order valence-electron chi connectivity index (χ2n) is 2.80. The van der Waals surface area contributed by atoms with Crippen LogP contribution < -0.4 is 5.32 Å². The number of hydrogen-bond donors (Lipinski definition) is 1. The molecule has 0 bridgehead atoms. The maximum Gasteiger partial charge on any atom is 0.276 e. The van der Waals surface area contributed by atoms with Gasteiger partial charge in [-0.1, -0.05) is 17.4 Å². The number of carbonyl (C=O) groups is 1. The minimum Gasteiger partial charge on any atom is -0.295 e. The van der Waals surface area contributed by atoms with Gasteiger partial charge in [-0.15, -0.1) is 10.2 Å². The van der Waals surface area contributed by atoms with Crippen LogP contribution in [-0.4, -0.2) is 21.1 Å². The summed E-state index contributed by atoms with van der Waals surface area (Å²) in [6, 6.07) is 5.16. The molecule has 2 heterocycles. The Morgan fingerprint density at radius 1 is 1.40 bits per heavy atom. The first-order chi connectivity index (χ1) is 7.25. The van der Waals surface area contributed by atoms with Crippen LogP contribution in [0, 0.1) is 6.92 Å². The Bertz CT molecular complexity index is 468. The lowest BCUT2D eigenvalue weighted by atomic mass is 10.3. The van der Waals surface area contributed by atoms with E-state index in [1.807, 2.05) is 6.92 Å². The number of aromatic nitrogens is 3. The molecule has 5 nitrogen and oxygen atoms in total. The number of hydrogen-bond acceptors (Lipinski definition) is 5. The van der Waals surface area contributed by atoms with Crippen molar-refractivity contribution >= 4 is 22.4 Å². The molecule has 2 aromatic rings. The van der Waals surface area contributed by atoms with Gasteiger partial charge in [-0.3, -0.25) is 15.1 Å². The summed E-state index contributed by atoms with van der Waals surface area (Å²) < 4.78 is 0. The normalized spacial score (nSPS) is 9.93. The van der Waals surface area contributed by atoms with Gasteiger partial charge in [0.25, 0.3) is 5.91 Å². The molecule has 0 atom stereocenters. The van der Waals surface area contributed by atoms with Gasteiger partial charge in [0.05, 0.1) is 0 Å². The fraction of sp³-hybridized carbons (Fsp3) is 0.111. The zero-order chi connectivity index (χ0) is 10.7. The van der Waals surface area contributed by atoms with Crippen LogP contribution in [-0.2, 0) is 0 Å². The lowest BCUT2D eigenvalue weighted by Gasteiger charge is -1.98. The Kier molecular flexibility index (Phi) is 2.68. The molecule has 76 valence electrons. The molecule has 0 aliphatic heterocycles. The molecule has 0 saturated carbocycles. The average molecular weight is 220 g/mol. The predicted octanol–water partition coefficient (Wildman–Crippen LogP) is 1.49. The second kappa shape index (κ2) is 4.14. The molecule has 0 unspecified atom stereocenters. The number of carbonyl (C=O) groups excluding carboxylic acids is 1. The van der Waals surface area contributed by atoms with E-state index in [9.17, 15) is 4.79 Å². The Morgan fingerprint density at radius 3 is 2.87 bits per heavy atom. The van der Waals surface area contributed by atoms with Crippen LogP contribution in [0.25, 0.3) is 0 Å². The Labute approximate surface area is 90.2 Å². The van der Waals surface area contributed by atoms with Crippen LogP contribution >= 0.6 is 11.3 Å². The van der Waals surface area contributed by atoms with Gasteiger partial charge in [-0.25, -0.2) is 0 Å². The number of nitrogens with zero attached hydrogens (tertiary/aromatic N) is 3. The molecule has 0 aromatic carbocycles. The zero-order valence-corrected chi connectivity index (χ0v) is 8.78. The van der Waals surface area contributed by atoms with E-state index < -0.39 is 0 Å². The average Bonchev–Trinajstić information content (AvgIpc) is 2.65.